The molecule has 106 valence electrons. The number of benzene rings is 1. The van der Waals surface area contributed by atoms with Gasteiger partial charge in [0, 0.05) is 27.8 Å². The van der Waals surface area contributed by atoms with E-state index >= 15 is 0 Å². The van der Waals surface area contributed by atoms with Crippen LogP contribution in [0, 0.1) is 19.7 Å². The summed E-state index contributed by atoms with van der Waals surface area (Å²) in [5.41, 5.74) is 2.23. The summed E-state index contributed by atoms with van der Waals surface area (Å²) in [5.74, 6) is -0.794. The molecule has 2 heterocycles. The molecule has 1 N–H and O–H groups in total. The lowest BCUT2D eigenvalue weighted by Gasteiger charge is -2.08. The van der Waals surface area contributed by atoms with E-state index in [1.807, 2.05) is 0 Å². The molecule has 3 nitrogen and oxygen atoms in total. The number of rotatable bonds is 2. The van der Waals surface area contributed by atoms with Gasteiger partial charge in [-0.2, -0.15) is 0 Å². The third-order valence-electron chi connectivity index (χ3n) is 3.51. The Morgan fingerprint density at radius 3 is 2.76 bits per heavy atom. The summed E-state index contributed by atoms with van der Waals surface area (Å²) in [7, 11) is 0. The van der Waals surface area contributed by atoms with Gasteiger partial charge in [0.05, 0.1) is 5.56 Å². The molecule has 0 unspecified atom stereocenters. The maximum absolute atomic E-state index is 14.3. The molecule has 0 radical (unpaired) electrons. The number of aryl methyl sites for hydroxylation is 2. The van der Waals surface area contributed by atoms with Crippen molar-refractivity contribution in [3.63, 3.8) is 0 Å². The third kappa shape index (κ3) is 2.27. The van der Waals surface area contributed by atoms with Crippen molar-refractivity contribution in [2.45, 2.75) is 13.8 Å². The van der Waals surface area contributed by atoms with Crippen LogP contribution in [0.5, 0.6) is 0 Å². The summed E-state index contributed by atoms with van der Waals surface area (Å²) >= 11 is 3.34. The first-order valence-corrected chi connectivity index (χ1v) is 7.21. The van der Waals surface area contributed by atoms with Gasteiger partial charge in [0.15, 0.2) is 5.78 Å². The largest absolute Gasteiger partial charge is 0.345 e. The molecule has 0 saturated heterocycles. The number of carbonyl (C=O) groups excluding carboxylic acids is 1. The Balaban J connectivity index is 2.22. The van der Waals surface area contributed by atoms with Crippen LogP contribution < -0.4 is 0 Å². The van der Waals surface area contributed by atoms with Gasteiger partial charge in [-0.25, -0.2) is 9.37 Å². The highest BCUT2D eigenvalue weighted by atomic mass is 79.9. The average Bonchev–Trinajstić information content (AvgIpc) is 2.86. The van der Waals surface area contributed by atoms with Gasteiger partial charge >= 0.3 is 0 Å². The maximum Gasteiger partial charge on any atom is 0.198 e. The van der Waals surface area contributed by atoms with Crippen molar-refractivity contribution in [3.05, 3.63) is 63.1 Å². The van der Waals surface area contributed by atoms with E-state index in [-0.39, 0.29) is 11.3 Å². The molecule has 0 fully saturated rings. The van der Waals surface area contributed by atoms with Gasteiger partial charge < -0.3 is 4.98 Å². The van der Waals surface area contributed by atoms with Gasteiger partial charge in [0.1, 0.15) is 11.5 Å². The molecule has 0 atom stereocenters. The van der Waals surface area contributed by atoms with E-state index in [0.29, 0.717) is 27.7 Å². The van der Waals surface area contributed by atoms with Crippen molar-refractivity contribution in [1.82, 2.24) is 9.97 Å². The number of ketones is 1. The summed E-state index contributed by atoms with van der Waals surface area (Å²) < 4.78 is 15.1. The van der Waals surface area contributed by atoms with Crippen LogP contribution in [-0.4, -0.2) is 15.8 Å². The van der Waals surface area contributed by atoms with E-state index in [9.17, 15) is 9.18 Å². The summed E-state index contributed by atoms with van der Waals surface area (Å²) in [6, 6.07) is 5.23. The second-order valence-electron chi connectivity index (χ2n) is 4.97. The first kappa shape index (κ1) is 13.9. The number of nitrogens with zero attached hydrogens (tertiary/aromatic N) is 1. The molecule has 0 spiro atoms. The Labute approximate surface area is 129 Å². The van der Waals surface area contributed by atoms with Crippen molar-refractivity contribution in [1.29, 1.82) is 0 Å². The number of hydrogen-bond acceptors (Lipinski definition) is 2. The van der Waals surface area contributed by atoms with Crippen LogP contribution in [-0.2, 0) is 0 Å². The molecule has 0 aliphatic rings. The fourth-order valence-corrected chi connectivity index (χ4v) is 2.69. The molecule has 3 rings (SSSR count). The lowest BCUT2D eigenvalue weighted by Crippen LogP contribution is -2.07. The zero-order valence-electron chi connectivity index (χ0n) is 11.5. The van der Waals surface area contributed by atoms with Crippen molar-refractivity contribution >= 4 is 32.7 Å². The molecule has 0 aliphatic heterocycles. The topological polar surface area (TPSA) is 45.8 Å². The van der Waals surface area contributed by atoms with Crippen LogP contribution in [0.2, 0.25) is 0 Å². The van der Waals surface area contributed by atoms with Crippen molar-refractivity contribution in [2.24, 2.45) is 0 Å². The summed E-state index contributed by atoms with van der Waals surface area (Å²) in [5, 5.41) is 0.676. The second kappa shape index (κ2) is 5.07. The summed E-state index contributed by atoms with van der Waals surface area (Å²) in [4.78, 5) is 19.9. The van der Waals surface area contributed by atoms with E-state index in [0.717, 1.165) is 4.47 Å². The summed E-state index contributed by atoms with van der Waals surface area (Å²) in [6.45, 7) is 3.39. The van der Waals surface area contributed by atoms with Gasteiger partial charge in [-0.05, 0) is 47.0 Å². The Bertz CT molecular complexity index is 870. The molecule has 0 amide bonds. The SMILES string of the molecule is Cc1ccc(C)c(C(=O)c2c[nH]c3ncc(Br)cc23)c1F. The highest BCUT2D eigenvalue weighted by Crippen LogP contribution is 2.26. The predicted molar refractivity (Wildman–Crippen MR) is 83.1 cm³/mol. The van der Waals surface area contributed by atoms with E-state index < -0.39 is 5.82 Å². The quantitative estimate of drug-likeness (QED) is 0.702. The molecular weight excluding hydrogens is 335 g/mol. The van der Waals surface area contributed by atoms with Crippen molar-refractivity contribution in [3.8, 4) is 0 Å². The Hall–Kier alpha value is -2.01. The van der Waals surface area contributed by atoms with E-state index in [1.165, 1.54) is 0 Å². The molecule has 1 aromatic carbocycles. The third-order valence-corrected chi connectivity index (χ3v) is 3.95. The van der Waals surface area contributed by atoms with Gasteiger partial charge in [0.2, 0.25) is 0 Å². The lowest BCUT2D eigenvalue weighted by atomic mass is 9.96. The number of fused-ring (bicyclic) bond motifs is 1. The standard InChI is InChI=1S/C16H12BrFN2O/c1-8-3-4-9(2)14(18)13(8)15(21)12-7-20-16-11(12)5-10(17)6-19-16/h3-7H,1-2H3,(H,19,20). The van der Waals surface area contributed by atoms with Crippen molar-refractivity contribution in [2.75, 3.05) is 0 Å². The molecule has 21 heavy (non-hydrogen) atoms. The first-order chi connectivity index (χ1) is 9.99. The van der Waals surface area contributed by atoms with Gasteiger partial charge in [-0.3, -0.25) is 4.79 Å². The minimum absolute atomic E-state index is 0.121. The van der Waals surface area contributed by atoms with Gasteiger partial charge in [-0.15, -0.1) is 0 Å². The molecule has 2 aromatic heterocycles. The number of halogens is 2. The number of aromatic nitrogens is 2. The van der Waals surface area contributed by atoms with Crippen LogP contribution in [0.15, 0.2) is 35.1 Å². The highest BCUT2D eigenvalue weighted by molar-refractivity contribution is 9.10. The number of nitrogens with one attached hydrogen (secondary N) is 1. The number of aromatic amines is 1. The summed E-state index contributed by atoms with van der Waals surface area (Å²) in [6.07, 6.45) is 3.22. The van der Waals surface area contributed by atoms with E-state index in [4.69, 9.17) is 0 Å². The Kier molecular flexibility index (Phi) is 3.37. The monoisotopic (exact) mass is 346 g/mol. The zero-order chi connectivity index (χ0) is 15.1. The number of carbonyl (C=O) groups is 1. The zero-order valence-corrected chi connectivity index (χ0v) is 13.1. The Morgan fingerprint density at radius 1 is 1.29 bits per heavy atom. The number of H-pyrrole nitrogens is 1. The van der Waals surface area contributed by atoms with Crippen LogP contribution in [0.25, 0.3) is 11.0 Å². The number of pyridine rings is 1. The maximum atomic E-state index is 14.3. The minimum Gasteiger partial charge on any atom is -0.345 e. The van der Waals surface area contributed by atoms with Crippen LogP contribution in [0.1, 0.15) is 27.0 Å². The lowest BCUT2D eigenvalue weighted by molar-refractivity contribution is 0.103. The highest BCUT2D eigenvalue weighted by Gasteiger charge is 2.21. The average molecular weight is 347 g/mol. The minimum atomic E-state index is -0.461. The van der Waals surface area contributed by atoms with Crippen molar-refractivity contribution < 1.29 is 9.18 Å². The molecule has 0 bridgehead atoms. The Morgan fingerprint density at radius 2 is 2.00 bits per heavy atom. The molecule has 0 saturated carbocycles. The molecule has 0 aliphatic carbocycles. The van der Waals surface area contributed by atoms with Gasteiger partial charge in [0.25, 0.3) is 0 Å². The molecule has 5 heteroatoms. The molecular formula is C16H12BrFN2O. The predicted octanol–water partition coefficient (Wildman–Crippen LogP) is 4.31. The van der Waals surface area contributed by atoms with Crippen LogP contribution in [0.4, 0.5) is 4.39 Å². The second-order valence-corrected chi connectivity index (χ2v) is 5.89. The fraction of sp³-hybridized carbons (Fsp3) is 0.125. The van der Waals surface area contributed by atoms with Crippen LogP contribution in [0.3, 0.4) is 0 Å². The normalized spacial score (nSPS) is 11.0. The van der Waals surface area contributed by atoms with Crippen LogP contribution >= 0.6 is 15.9 Å². The first-order valence-electron chi connectivity index (χ1n) is 6.42. The number of hydrogen-bond donors (Lipinski definition) is 1. The van der Waals surface area contributed by atoms with E-state index in [1.54, 1.807) is 44.4 Å². The molecule has 3 aromatic rings. The smallest absolute Gasteiger partial charge is 0.198 e. The van der Waals surface area contributed by atoms with E-state index in [2.05, 4.69) is 25.9 Å². The fourth-order valence-electron chi connectivity index (χ4n) is 2.36. The van der Waals surface area contributed by atoms with Gasteiger partial charge in [-0.1, -0.05) is 12.1 Å².